The number of carboxylic acids is 1. The number of carbonyl (C=O) groups is 1. The van der Waals surface area contributed by atoms with Gasteiger partial charge in [-0.1, -0.05) is 0 Å². The highest BCUT2D eigenvalue weighted by atomic mass is 19.3. The molecule has 1 aromatic rings. The Kier molecular flexibility index (Phi) is 2.78. The van der Waals surface area contributed by atoms with Gasteiger partial charge in [0.05, 0.1) is 5.56 Å². The lowest BCUT2D eigenvalue weighted by Gasteiger charge is -2.08. The SMILES string of the molecule is Cc1cnc(C(F)F)c(C(=O)O)c1C. The van der Waals surface area contributed by atoms with E-state index in [9.17, 15) is 13.6 Å². The molecule has 0 saturated heterocycles. The van der Waals surface area contributed by atoms with Crippen molar-refractivity contribution in [3.63, 3.8) is 0 Å². The first-order valence-electron chi connectivity index (χ1n) is 3.92. The summed E-state index contributed by atoms with van der Waals surface area (Å²) in [4.78, 5) is 14.2. The zero-order chi connectivity index (χ0) is 10.9. The fraction of sp³-hybridized carbons (Fsp3) is 0.333. The molecule has 1 rings (SSSR count). The van der Waals surface area contributed by atoms with Crippen LogP contribution in [0, 0.1) is 13.8 Å². The third kappa shape index (κ3) is 1.71. The standard InChI is InChI=1S/C9H9F2NO2/c1-4-3-12-7(8(10)11)6(5(4)2)9(13)14/h3,8H,1-2H3,(H,13,14). The summed E-state index contributed by atoms with van der Waals surface area (Å²) in [7, 11) is 0. The average molecular weight is 201 g/mol. The summed E-state index contributed by atoms with van der Waals surface area (Å²) in [5.41, 5.74) is -0.129. The number of pyridine rings is 1. The van der Waals surface area contributed by atoms with Crippen LogP contribution in [0.5, 0.6) is 0 Å². The normalized spacial score (nSPS) is 10.6. The zero-order valence-electron chi connectivity index (χ0n) is 7.71. The molecule has 0 aliphatic heterocycles. The van der Waals surface area contributed by atoms with E-state index in [0.717, 1.165) is 0 Å². The van der Waals surface area contributed by atoms with Gasteiger partial charge in [0.2, 0.25) is 0 Å². The van der Waals surface area contributed by atoms with E-state index in [-0.39, 0.29) is 5.56 Å². The number of hydrogen-bond acceptors (Lipinski definition) is 2. The molecule has 14 heavy (non-hydrogen) atoms. The molecule has 0 unspecified atom stereocenters. The minimum Gasteiger partial charge on any atom is -0.478 e. The van der Waals surface area contributed by atoms with E-state index in [2.05, 4.69) is 4.98 Å². The van der Waals surface area contributed by atoms with Gasteiger partial charge < -0.3 is 5.11 Å². The van der Waals surface area contributed by atoms with Crippen molar-refractivity contribution in [3.8, 4) is 0 Å². The molecule has 0 aliphatic carbocycles. The lowest BCUT2D eigenvalue weighted by atomic mass is 10.0. The molecule has 0 bridgehead atoms. The van der Waals surface area contributed by atoms with Crippen molar-refractivity contribution in [2.75, 3.05) is 0 Å². The second-order valence-corrected chi connectivity index (χ2v) is 2.93. The number of aryl methyl sites for hydroxylation is 1. The van der Waals surface area contributed by atoms with E-state index in [0.29, 0.717) is 11.1 Å². The molecule has 0 aromatic carbocycles. The van der Waals surface area contributed by atoms with Crippen LogP contribution in [-0.2, 0) is 0 Å². The predicted molar refractivity (Wildman–Crippen MR) is 45.6 cm³/mol. The molecule has 0 radical (unpaired) electrons. The van der Waals surface area contributed by atoms with Gasteiger partial charge in [0.15, 0.2) is 0 Å². The number of hydrogen-bond donors (Lipinski definition) is 1. The summed E-state index contributed by atoms with van der Waals surface area (Å²) in [6, 6.07) is 0. The van der Waals surface area contributed by atoms with Crippen molar-refractivity contribution < 1.29 is 18.7 Å². The second kappa shape index (κ2) is 3.69. The monoisotopic (exact) mass is 201 g/mol. The molecule has 5 heteroatoms. The van der Waals surface area contributed by atoms with Crippen LogP contribution in [0.1, 0.15) is 33.6 Å². The maximum Gasteiger partial charge on any atom is 0.338 e. The Morgan fingerprint density at radius 3 is 2.50 bits per heavy atom. The highest BCUT2D eigenvalue weighted by Crippen LogP contribution is 2.24. The summed E-state index contributed by atoms with van der Waals surface area (Å²) in [5.74, 6) is -1.37. The van der Waals surface area contributed by atoms with Gasteiger partial charge in [-0.15, -0.1) is 0 Å². The van der Waals surface area contributed by atoms with Crippen molar-refractivity contribution >= 4 is 5.97 Å². The molecule has 0 atom stereocenters. The topological polar surface area (TPSA) is 50.2 Å². The van der Waals surface area contributed by atoms with Gasteiger partial charge in [-0.25, -0.2) is 13.6 Å². The van der Waals surface area contributed by atoms with E-state index in [1.165, 1.54) is 13.1 Å². The van der Waals surface area contributed by atoms with Crippen LogP contribution in [0.15, 0.2) is 6.20 Å². The van der Waals surface area contributed by atoms with Crippen molar-refractivity contribution in [2.24, 2.45) is 0 Å². The summed E-state index contributed by atoms with van der Waals surface area (Å²) >= 11 is 0. The van der Waals surface area contributed by atoms with Crippen LogP contribution in [0.4, 0.5) is 8.78 Å². The van der Waals surface area contributed by atoms with E-state index in [1.807, 2.05) is 0 Å². The highest BCUT2D eigenvalue weighted by Gasteiger charge is 2.22. The third-order valence-corrected chi connectivity index (χ3v) is 2.04. The lowest BCUT2D eigenvalue weighted by Crippen LogP contribution is -2.09. The van der Waals surface area contributed by atoms with Gasteiger partial charge in [-0.3, -0.25) is 4.98 Å². The van der Waals surface area contributed by atoms with Gasteiger partial charge in [-0.2, -0.15) is 0 Å². The summed E-state index contributed by atoms with van der Waals surface area (Å²) < 4.78 is 24.7. The fourth-order valence-electron chi connectivity index (χ4n) is 1.15. The molecule has 0 fully saturated rings. The average Bonchev–Trinajstić information content (AvgIpc) is 2.08. The molecule has 1 N–H and O–H groups in total. The second-order valence-electron chi connectivity index (χ2n) is 2.93. The van der Waals surface area contributed by atoms with Crippen LogP contribution >= 0.6 is 0 Å². The molecule has 0 spiro atoms. The van der Waals surface area contributed by atoms with E-state index in [4.69, 9.17) is 5.11 Å². The van der Waals surface area contributed by atoms with Crippen LogP contribution in [0.25, 0.3) is 0 Å². The predicted octanol–water partition coefficient (Wildman–Crippen LogP) is 2.33. The fourth-order valence-corrected chi connectivity index (χ4v) is 1.15. The smallest absolute Gasteiger partial charge is 0.338 e. The third-order valence-electron chi connectivity index (χ3n) is 2.04. The minimum absolute atomic E-state index is 0.336. The number of nitrogens with zero attached hydrogens (tertiary/aromatic N) is 1. The Morgan fingerprint density at radius 1 is 1.50 bits per heavy atom. The Morgan fingerprint density at radius 2 is 2.07 bits per heavy atom. The maximum atomic E-state index is 12.4. The Balaban J connectivity index is 3.45. The van der Waals surface area contributed by atoms with Gasteiger partial charge in [0.25, 0.3) is 6.43 Å². The van der Waals surface area contributed by atoms with Gasteiger partial charge in [-0.05, 0) is 25.0 Å². The Labute approximate surface area is 79.4 Å². The van der Waals surface area contributed by atoms with E-state index < -0.39 is 18.1 Å². The number of halogens is 2. The van der Waals surface area contributed by atoms with Crippen molar-refractivity contribution in [2.45, 2.75) is 20.3 Å². The van der Waals surface area contributed by atoms with Gasteiger partial charge >= 0.3 is 5.97 Å². The summed E-state index contributed by atoms with van der Waals surface area (Å²) in [6.45, 7) is 3.12. The number of rotatable bonds is 2. The first-order valence-corrected chi connectivity index (χ1v) is 3.92. The largest absolute Gasteiger partial charge is 0.478 e. The van der Waals surface area contributed by atoms with Crippen molar-refractivity contribution in [3.05, 3.63) is 28.6 Å². The summed E-state index contributed by atoms with van der Waals surface area (Å²) in [5, 5.41) is 8.75. The molecule has 0 aliphatic rings. The minimum atomic E-state index is -2.86. The molecule has 76 valence electrons. The first kappa shape index (κ1) is 10.6. The quantitative estimate of drug-likeness (QED) is 0.798. The van der Waals surface area contributed by atoms with Crippen molar-refractivity contribution in [1.29, 1.82) is 0 Å². The van der Waals surface area contributed by atoms with Crippen LogP contribution in [-0.4, -0.2) is 16.1 Å². The number of carboxylic acid groups (broad SMARTS) is 1. The van der Waals surface area contributed by atoms with Gasteiger partial charge in [0, 0.05) is 6.20 Å². The number of aromatic carboxylic acids is 1. The summed E-state index contributed by atoms with van der Waals surface area (Å²) in [6.07, 6.45) is -1.61. The van der Waals surface area contributed by atoms with E-state index in [1.54, 1.807) is 6.92 Å². The molecule has 0 saturated carbocycles. The van der Waals surface area contributed by atoms with E-state index >= 15 is 0 Å². The molecule has 1 heterocycles. The lowest BCUT2D eigenvalue weighted by molar-refractivity contribution is 0.0681. The molecule has 3 nitrogen and oxygen atoms in total. The zero-order valence-corrected chi connectivity index (χ0v) is 7.71. The molecular weight excluding hydrogens is 192 g/mol. The van der Waals surface area contributed by atoms with Gasteiger partial charge in [0.1, 0.15) is 5.69 Å². The Hall–Kier alpha value is -1.52. The maximum absolute atomic E-state index is 12.4. The Bertz CT molecular complexity index is 377. The molecule has 1 aromatic heterocycles. The van der Waals surface area contributed by atoms with Crippen molar-refractivity contribution in [1.82, 2.24) is 4.98 Å². The molecule has 0 amide bonds. The number of alkyl halides is 2. The number of aromatic nitrogens is 1. The van der Waals surface area contributed by atoms with Crippen LogP contribution in [0.2, 0.25) is 0 Å². The first-order chi connectivity index (χ1) is 6.45. The van der Waals surface area contributed by atoms with Crippen LogP contribution < -0.4 is 0 Å². The molecular formula is C9H9F2NO2. The van der Waals surface area contributed by atoms with Crippen LogP contribution in [0.3, 0.4) is 0 Å². The highest BCUT2D eigenvalue weighted by molar-refractivity contribution is 5.91.